The SMILES string of the molecule is CCC(CN)C(=O)NC(C)(CC)CCO. The molecule has 0 heterocycles. The second-order valence-electron chi connectivity index (χ2n) is 4.22. The summed E-state index contributed by atoms with van der Waals surface area (Å²) in [4.78, 5) is 11.8. The lowest BCUT2D eigenvalue weighted by atomic mass is 9.93. The summed E-state index contributed by atoms with van der Waals surface area (Å²) < 4.78 is 0. The Balaban J connectivity index is 4.34. The van der Waals surface area contributed by atoms with Crippen molar-refractivity contribution in [2.24, 2.45) is 11.7 Å². The molecule has 4 nitrogen and oxygen atoms in total. The highest BCUT2D eigenvalue weighted by Gasteiger charge is 2.26. The highest BCUT2D eigenvalue weighted by molar-refractivity contribution is 5.79. The quantitative estimate of drug-likeness (QED) is 0.584. The van der Waals surface area contributed by atoms with Crippen LogP contribution >= 0.6 is 0 Å². The van der Waals surface area contributed by atoms with Gasteiger partial charge in [0.2, 0.25) is 5.91 Å². The average Bonchev–Trinajstić information content (AvgIpc) is 2.20. The molecule has 0 saturated carbocycles. The van der Waals surface area contributed by atoms with Gasteiger partial charge in [-0.15, -0.1) is 0 Å². The van der Waals surface area contributed by atoms with E-state index in [9.17, 15) is 4.79 Å². The van der Waals surface area contributed by atoms with Gasteiger partial charge in [0.05, 0.1) is 0 Å². The summed E-state index contributed by atoms with van der Waals surface area (Å²) in [5.74, 6) is -0.118. The van der Waals surface area contributed by atoms with E-state index < -0.39 is 0 Å². The maximum Gasteiger partial charge on any atom is 0.224 e. The molecular formula is C11H24N2O2. The van der Waals surface area contributed by atoms with E-state index in [1.54, 1.807) is 0 Å². The molecule has 0 saturated heterocycles. The van der Waals surface area contributed by atoms with Crippen molar-refractivity contribution < 1.29 is 9.90 Å². The molecule has 4 heteroatoms. The number of aliphatic hydroxyl groups excluding tert-OH is 1. The lowest BCUT2D eigenvalue weighted by Crippen LogP contribution is -2.49. The van der Waals surface area contributed by atoms with E-state index in [4.69, 9.17) is 10.8 Å². The van der Waals surface area contributed by atoms with Crippen molar-refractivity contribution in [3.05, 3.63) is 0 Å². The zero-order chi connectivity index (χ0) is 11.9. The third kappa shape index (κ3) is 4.62. The number of carbonyl (C=O) groups excluding carboxylic acids is 1. The van der Waals surface area contributed by atoms with Crippen LogP contribution in [-0.4, -0.2) is 29.7 Å². The van der Waals surface area contributed by atoms with Crippen molar-refractivity contribution in [2.45, 2.75) is 45.6 Å². The molecule has 2 unspecified atom stereocenters. The number of hydrogen-bond acceptors (Lipinski definition) is 3. The number of nitrogens with two attached hydrogens (primary N) is 1. The Labute approximate surface area is 92.2 Å². The molecule has 0 fully saturated rings. The highest BCUT2D eigenvalue weighted by atomic mass is 16.3. The van der Waals surface area contributed by atoms with E-state index in [1.165, 1.54) is 0 Å². The third-order valence-electron chi connectivity index (χ3n) is 3.02. The maximum atomic E-state index is 11.8. The molecule has 0 aromatic heterocycles. The lowest BCUT2D eigenvalue weighted by Gasteiger charge is -2.30. The van der Waals surface area contributed by atoms with E-state index >= 15 is 0 Å². The molecule has 0 aliphatic rings. The molecule has 0 aromatic rings. The summed E-state index contributed by atoms with van der Waals surface area (Å²) in [6.07, 6.45) is 2.14. The molecule has 0 bridgehead atoms. The Morgan fingerprint density at radius 3 is 2.47 bits per heavy atom. The standard InChI is InChI=1S/C11H24N2O2/c1-4-9(8-12)10(15)13-11(3,5-2)6-7-14/h9,14H,4-8,12H2,1-3H3,(H,13,15). The van der Waals surface area contributed by atoms with Crippen molar-refractivity contribution in [2.75, 3.05) is 13.2 Å². The van der Waals surface area contributed by atoms with Crippen LogP contribution in [0.25, 0.3) is 0 Å². The van der Waals surface area contributed by atoms with Gasteiger partial charge in [0.15, 0.2) is 0 Å². The third-order valence-corrected chi connectivity index (χ3v) is 3.02. The van der Waals surface area contributed by atoms with Gasteiger partial charge in [0, 0.05) is 24.6 Å². The Morgan fingerprint density at radius 2 is 2.13 bits per heavy atom. The Morgan fingerprint density at radius 1 is 1.53 bits per heavy atom. The minimum absolute atomic E-state index is 0.00204. The fourth-order valence-corrected chi connectivity index (χ4v) is 1.43. The second kappa shape index (κ2) is 6.80. The van der Waals surface area contributed by atoms with Gasteiger partial charge in [-0.25, -0.2) is 0 Å². The van der Waals surface area contributed by atoms with Crippen LogP contribution in [0.15, 0.2) is 0 Å². The van der Waals surface area contributed by atoms with E-state index in [0.29, 0.717) is 13.0 Å². The number of carbonyl (C=O) groups is 1. The van der Waals surface area contributed by atoms with Gasteiger partial charge in [-0.05, 0) is 26.2 Å². The predicted octanol–water partition coefficient (Wildman–Crippen LogP) is 0.639. The van der Waals surface area contributed by atoms with Crippen molar-refractivity contribution in [3.63, 3.8) is 0 Å². The van der Waals surface area contributed by atoms with Crippen LogP contribution in [0.1, 0.15) is 40.0 Å². The fourth-order valence-electron chi connectivity index (χ4n) is 1.43. The van der Waals surface area contributed by atoms with Gasteiger partial charge in [-0.3, -0.25) is 4.79 Å². The number of hydrogen-bond donors (Lipinski definition) is 3. The lowest BCUT2D eigenvalue weighted by molar-refractivity contribution is -0.126. The van der Waals surface area contributed by atoms with E-state index in [1.807, 2.05) is 20.8 Å². The molecule has 0 rings (SSSR count). The minimum Gasteiger partial charge on any atom is -0.396 e. The van der Waals surface area contributed by atoms with Crippen LogP contribution < -0.4 is 11.1 Å². The van der Waals surface area contributed by atoms with Gasteiger partial charge in [0.1, 0.15) is 0 Å². The molecule has 0 radical (unpaired) electrons. The summed E-state index contributed by atoms with van der Waals surface area (Å²) in [5, 5.41) is 11.9. The summed E-state index contributed by atoms with van der Waals surface area (Å²) in [6, 6.07) is 0. The van der Waals surface area contributed by atoms with Gasteiger partial charge in [0.25, 0.3) is 0 Å². The average molecular weight is 216 g/mol. The van der Waals surface area contributed by atoms with Crippen LogP contribution in [-0.2, 0) is 4.79 Å². The monoisotopic (exact) mass is 216 g/mol. The molecule has 0 aromatic carbocycles. The minimum atomic E-state index is -0.311. The molecule has 4 N–H and O–H groups in total. The molecular weight excluding hydrogens is 192 g/mol. The largest absolute Gasteiger partial charge is 0.396 e. The van der Waals surface area contributed by atoms with E-state index in [0.717, 1.165) is 12.8 Å². The molecule has 0 spiro atoms. The first-order valence-corrected chi connectivity index (χ1v) is 5.66. The van der Waals surface area contributed by atoms with Gasteiger partial charge in [-0.1, -0.05) is 13.8 Å². The molecule has 0 aliphatic carbocycles. The number of amides is 1. The van der Waals surface area contributed by atoms with Crippen LogP contribution in [0.4, 0.5) is 0 Å². The Kier molecular flexibility index (Phi) is 6.52. The van der Waals surface area contributed by atoms with Crippen LogP contribution in [0, 0.1) is 5.92 Å². The van der Waals surface area contributed by atoms with Gasteiger partial charge in [-0.2, -0.15) is 0 Å². The van der Waals surface area contributed by atoms with Gasteiger partial charge >= 0.3 is 0 Å². The van der Waals surface area contributed by atoms with Crippen LogP contribution in [0.3, 0.4) is 0 Å². The number of aliphatic hydroxyl groups is 1. The van der Waals surface area contributed by atoms with Crippen LogP contribution in [0.2, 0.25) is 0 Å². The zero-order valence-corrected chi connectivity index (χ0v) is 10.0. The Hall–Kier alpha value is -0.610. The van der Waals surface area contributed by atoms with Crippen molar-refractivity contribution in [1.82, 2.24) is 5.32 Å². The molecule has 0 aliphatic heterocycles. The van der Waals surface area contributed by atoms with Crippen molar-refractivity contribution >= 4 is 5.91 Å². The first kappa shape index (κ1) is 14.4. The highest BCUT2D eigenvalue weighted by Crippen LogP contribution is 2.15. The smallest absolute Gasteiger partial charge is 0.224 e. The summed E-state index contributed by atoms with van der Waals surface area (Å²) in [6.45, 7) is 6.36. The van der Waals surface area contributed by atoms with E-state index in [2.05, 4.69) is 5.32 Å². The number of rotatable bonds is 7. The van der Waals surface area contributed by atoms with E-state index in [-0.39, 0.29) is 24.0 Å². The van der Waals surface area contributed by atoms with Crippen molar-refractivity contribution in [3.8, 4) is 0 Å². The molecule has 1 amide bonds. The summed E-state index contributed by atoms with van der Waals surface area (Å²) in [7, 11) is 0. The van der Waals surface area contributed by atoms with Crippen molar-refractivity contribution in [1.29, 1.82) is 0 Å². The first-order valence-electron chi connectivity index (χ1n) is 5.66. The number of nitrogens with one attached hydrogen (secondary N) is 1. The zero-order valence-electron chi connectivity index (χ0n) is 10.0. The molecule has 15 heavy (non-hydrogen) atoms. The second-order valence-corrected chi connectivity index (χ2v) is 4.22. The summed E-state index contributed by atoms with van der Waals surface area (Å²) in [5.41, 5.74) is 5.20. The maximum absolute atomic E-state index is 11.8. The topological polar surface area (TPSA) is 75.4 Å². The summed E-state index contributed by atoms with van der Waals surface area (Å²) >= 11 is 0. The predicted molar refractivity (Wildman–Crippen MR) is 61.4 cm³/mol. The normalized spacial score (nSPS) is 16.9. The first-order chi connectivity index (χ1) is 7.02. The fraction of sp³-hybridized carbons (Fsp3) is 0.909. The van der Waals surface area contributed by atoms with Gasteiger partial charge < -0.3 is 16.2 Å². The van der Waals surface area contributed by atoms with Crippen LogP contribution in [0.5, 0.6) is 0 Å². The Bertz CT molecular complexity index is 193. The molecule has 90 valence electrons. The molecule has 2 atom stereocenters.